The Morgan fingerprint density at radius 1 is 1.42 bits per heavy atom. The smallest absolute Gasteiger partial charge is 0.337 e. The third-order valence-electron chi connectivity index (χ3n) is 2.53. The fraction of sp³-hybridized carbons (Fsp3) is 0.385. The highest BCUT2D eigenvalue weighted by molar-refractivity contribution is 6.06. The molecule has 104 valence electrons. The number of methoxy groups -OCH3 is 3. The zero-order chi connectivity index (χ0) is 14.5. The van der Waals surface area contributed by atoms with E-state index in [0.29, 0.717) is 0 Å². The summed E-state index contributed by atoms with van der Waals surface area (Å²) < 4.78 is 20.0. The first-order chi connectivity index (χ1) is 9.04. The highest BCUT2D eigenvalue weighted by atomic mass is 16.7. The average molecular weight is 268 g/mol. The molecule has 0 saturated heterocycles. The Balaban J connectivity index is 3.24. The highest BCUT2D eigenvalue weighted by Crippen LogP contribution is 2.28. The minimum atomic E-state index is -1.71. The summed E-state index contributed by atoms with van der Waals surface area (Å²) >= 11 is 0. The molecule has 0 heterocycles. The third-order valence-corrected chi connectivity index (χ3v) is 2.53. The molecular formula is C13H16O6. The van der Waals surface area contributed by atoms with Gasteiger partial charge in [0.15, 0.2) is 5.76 Å². The lowest BCUT2D eigenvalue weighted by Gasteiger charge is -2.30. The third kappa shape index (κ3) is 2.91. The first kappa shape index (κ1) is 15.1. The molecule has 1 aliphatic carbocycles. The molecule has 1 unspecified atom stereocenters. The van der Waals surface area contributed by atoms with Crippen LogP contribution in [0.4, 0.5) is 0 Å². The summed E-state index contributed by atoms with van der Waals surface area (Å²) in [4.78, 5) is 23.8. The van der Waals surface area contributed by atoms with Gasteiger partial charge in [-0.3, -0.25) is 4.79 Å². The zero-order valence-electron chi connectivity index (χ0n) is 11.1. The molecule has 19 heavy (non-hydrogen) atoms. The monoisotopic (exact) mass is 268 g/mol. The van der Waals surface area contributed by atoms with Gasteiger partial charge >= 0.3 is 5.97 Å². The van der Waals surface area contributed by atoms with Crippen LogP contribution in [0.2, 0.25) is 0 Å². The van der Waals surface area contributed by atoms with Crippen LogP contribution in [-0.2, 0) is 28.5 Å². The number of hydrogen-bond acceptors (Lipinski definition) is 6. The van der Waals surface area contributed by atoms with E-state index in [0.717, 1.165) is 0 Å². The molecule has 0 spiro atoms. The van der Waals surface area contributed by atoms with E-state index in [1.807, 2.05) is 0 Å². The van der Waals surface area contributed by atoms with Gasteiger partial charge in [-0.05, 0) is 12.2 Å². The van der Waals surface area contributed by atoms with Gasteiger partial charge in [-0.25, -0.2) is 4.79 Å². The predicted octanol–water partition coefficient (Wildman–Crippen LogP) is 0.744. The fourth-order valence-electron chi connectivity index (χ4n) is 1.58. The normalized spacial score (nSPS) is 22.4. The summed E-state index contributed by atoms with van der Waals surface area (Å²) in [6.07, 6.45) is 4.00. The Morgan fingerprint density at radius 3 is 2.58 bits per heavy atom. The summed E-state index contributed by atoms with van der Waals surface area (Å²) in [5.74, 6) is -2.91. The predicted molar refractivity (Wildman–Crippen MR) is 66.1 cm³/mol. The van der Waals surface area contributed by atoms with Gasteiger partial charge in [-0.1, -0.05) is 6.08 Å². The molecule has 6 nitrogen and oxygen atoms in total. The van der Waals surface area contributed by atoms with E-state index < -0.39 is 17.5 Å². The molecular weight excluding hydrogens is 252 g/mol. The summed E-state index contributed by atoms with van der Waals surface area (Å²) in [7, 11) is 3.85. The molecule has 0 bridgehead atoms. The van der Waals surface area contributed by atoms with Crippen LogP contribution < -0.4 is 0 Å². The van der Waals surface area contributed by atoms with E-state index in [1.54, 1.807) is 0 Å². The van der Waals surface area contributed by atoms with Crippen LogP contribution in [-0.4, -0.2) is 45.5 Å². The lowest BCUT2D eigenvalue weighted by Crippen LogP contribution is -2.45. The maximum absolute atomic E-state index is 12.2. The minimum absolute atomic E-state index is 0.0474. The lowest BCUT2D eigenvalue weighted by atomic mass is 9.98. The SMILES string of the molecule is C=CCOC1(OC)C=C(C(=O)OC)C=C(OC)C1=O. The van der Waals surface area contributed by atoms with Crippen LogP contribution in [0.25, 0.3) is 0 Å². The Kier molecular flexibility index (Phi) is 5.02. The lowest BCUT2D eigenvalue weighted by molar-refractivity contribution is -0.191. The number of rotatable bonds is 6. The second-order valence-electron chi connectivity index (χ2n) is 3.60. The summed E-state index contributed by atoms with van der Waals surface area (Å²) in [6.45, 7) is 3.57. The summed E-state index contributed by atoms with van der Waals surface area (Å²) in [5.41, 5.74) is 0.116. The molecule has 1 aliphatic rings. The van der Waals surface area contributed by atoms with Crippen molar-refractivity contribution in [2.45, 2.75) is 5.79 Å². The van der Waals surface area contributed by atoms with Gasteiger partial charge in [0.2, 0.25) is 0 Å². The second-order valence-corrected chi connectivity index (χ2v) is 3.60. The maximum Gasteiger partial charge on any atom is 0.337 e. The fourth-order valence-corrected chi connectivity index (χ4v) is 1.58. The van der Waals surface area contributed by atoms with Crippen LogP contribution in [0.5, 0.6) is 0 Å². The number of carbonyl (C=O) groups is 2. The topological polar surface area (TPSA) is 71.1 Å². The van der Waals surface area contributed by atoms with Crippen LogP contribution in [0, 0.1) is 0 Å². The standard InChI is InChI=1S/C13H16O6/c1-5-6-19-13(18-4)8-9(12(15)17-3)7-10(16-2)11(13)14/h5,7-8H,1,6H2,2-4H3. The Hall–Kier alpha value is -1.92. The molecule has 0 aromatic heterocycles. The molecule has 1 atom stereocenters. The van der Waals surface area contributed by atoms with Crippen molar-refractivity contribution in [2.24, 2.45) is 0 Å². The van der Waals surface area contributed by atoms with E-state index in [4.69, 9.17) is 14.2 Å². The highest BCUT2D eigenvalue weighted by Gasteiger charge is 2.44. The van der Waals surface area contributed by atoms with Crippen molar-refractivity contribution in [1.29, 1.82) is 0 Å². The molecule has 0 N–H and O–H groups in total. The molecule has 0 aromatic rings. The average Bonchev–Trinajstić information content (AvgIpc) is 2.45. The first-order valence-electron chi connectivity index (χ1n) is 5.46. The van der Waals surface area contributed by atoms with E-state index in [1.165, 1.54) is 39.6 Å². The molecule has 0 amide bonds. The van der Waals surface area contributed by atoms with Crippen LogP contribution in [0.15, 0.2) is 36.1 Å². The Morgan fingerprint density at radius 2 is 2.11 bits per heavy atom. The van der Waals surface area contributed by atoms with Gasteiger partial charge in [0.1, 0.15) is 0 Å². The van der Waals surface area contributed by atoms with Crippen molar-refractivity contribution < 1.29 is 28.5 Å². The van der Waals surface area contributed by atoms with E-state index >= 15 is 0 Å². The number of esters is 1. The molecule has 6 heteroatoms. The summed E-state index contributed by atoms with van der Waals surface area (Å²) in [5, 5.41) is 0. The van der Waals surface area contributed by atoms with E-state index in [9.17, 15) is 9.59 Å². The van der Waals surface area contributed by atoms with Gasteiger partial charge in [-0.15, -0.1) is 6.58 Å². The van der Waals surface area contributed by atoms with Crippen LogP contribution >= 0.6 is 0 Å². The number of ketones is 1. The largest absolute Gasteiger partial charge is 0.493 e. The van der Waals surface area contributed by atoms with Gasteiger partial charge in [0.05, 0.1) is 26.4 Å². The van der Waals surface area contributed by atoms with Crippen molar-refractivity contribution in [3.05, 3.63) is 36.1 Å². The molecule has 0 aliphatic heterocycles. The van der Waals surface area contributed by atoms with Gasteiger partial charge in [0, 0.05) is 7.11 Å². The molecule has 0 fully saturated rings. The molecule has 0 aromatic carbocycles. The van der Waals surface area contributed by atoms with Gasteiger partial charge in [0.25, 0.3) is 11.6 Å². The quantitative estimate of drug-likeness (QED) is 0.402. The zero-order valence-corrected chi connectivity index (χ0v) is 11.1. The molecule has 0 saturated carbocycles. The Bertz CT molecular complexity index is 448. The molecule has 1 rings (SSSR count). The van der Waals surface area contributed by atoms with Crippen molar-refractivity contribution >= 4 is 11.8 Å². The maximum atomic E-state index is 12.2. The second kappa shape index (κ2) is 6.31. The van der Waals surface area contributed by atoms with Crippen molar-refractivity contribution in [1.82, 2.24) is 0 Å². The number of hydrogen-bond donors (Lipinski definition) is 0. The summed E-state index contributed by atoms with van der Waals surface area (Å²) in [6, 6.07) is 0. The van der Waals surface area contributed by atoms with E-state index in [2.05, 4.69) is 11.3 Å². The Labute approximate surface area is 111 Å². The number of ether oxygens (including phenoxy) is 4. The van der Waals surface area contributed by atoms with Gasteiger partial charge in [-0.2, -0.15) is 0 Å². The van der Waals surface area contributed by atoms with Crippen molar-refractivity contribution in [3.63, 3.8) is 0 Å². The van der Waals surface area contributed by atoms with Crippen LogP contribution in [0.3, 0.4) is 0 Å². The molecule has 0 radical (unpaired) electrons. The van der Waals surface area contributed by atoms with Gasteiger partial charge < -0.3 is 18.9 Å². The first-order valence-corrected chi connectivity index (χ1v) is 5.46. The number of Topliss-reactive ketones (excluding diaryl/α,β-unsaturated/α-hetero) is 1. The van der Waals surface area contributed by atoms with Crippen molar-refractivity contribution in [2.75, 3.05) is 27.9 Å². The van der Waals surface area contributed by atoms with Crippen molar-refractivity contribution in [3.8, 4) is 0 Å². The number of carbonyl (C=O) groups excluding carboxylic acids is 2. The van der Waals surface area contributed by atoms with Crippen LogP contribution in [0.1, 0.15) is 0 Å². The van der Waals surface area contributed by atoms with E-state index in [-0.39, 0.29) is 17.9 Å². The minimum Gasteiger partial charge on any atom is -0.493 e.